The number of hydrogen-bond donors (Lipinski definition) is 0. The van der Waals surface area contributed by atoms with Crippen molar-refractivity contribution in [2.24, 2.45) is 5.92 Å². The zero-order valence-electron chi connectivity index (χ0n) is 9.94. The number of nitrogens with zero attached hydrogens (tertiary/aromatic N) is 2. The minimum Gasteiger partial charge on any atom is -0.258 e. The third-order valence-electron chi connectivity index (χ3n) is 3.05. The molecule has 0 aromatic heterocycles. The number of rotatable bonds is 3. The second-order valence-corrected chi connectivity index (χ2v) is 6.45. The molecule has 1 atom stereocenters. The average molecular weight is 270 g/mol. The van der Waals surface area contributed by atoms with Gasteiger partial charge < -0.3 is 0 Å². The summed E-state index contributed by atoms with van der Waals surface area (Å²) < 4.78 is 25.9. The second-order valence-electron chi connectivity index (χ2n) is 4.51. The molecule has 1 fully saturated rings. The van der Waals surface area contributed by atoms with E-state index in [1.54, 1.807) is 0 Å². The van der Waals surface area contributed by atoms with Crippen LogP contribution in [0.2, 0.25) is 0 Å². The molecule has 18 heavy (non-hydrogen) atoms. The lowest BCUT2D eigenvalue weighted by Crippen LogP contribution is -2.28. The molecule has 1 aromatic rings. The van der Waals surface area contributed by atoms with Gasteiger partial charge in [0.2, 0.25) is 10.0 Å². The molecule has 1 aliphatic heterocycles. The fourth-order valence-electron chi connectivity index (χ4n) is 2.02. The molecule has 0 saturated carbocycles. The van der Waals surface area contributed by atoms with E-state index in [4.69, 9.17) is 0 Å². The molecule has 1 aromatic carbocycles. The Kier molecular flexibility index (Phi) is 3.36. The highest BCUT2D eigenvalue weighted by Gasteiger charge is 2.31. The van der Waals surface area contributed by atoms with Crippen molar-refractivity contribution in [1.29, 1.82) is 0 Å². The Morgan fingerprint density at radius 3 is 2.72 bits per heavy atom. The van der Waals surface area contributed by atoms with Crippen LogP contribution in [0.15, 0.2) is 29.2 Å². The molecule has 1 unspecified atom stereocenters. The molecular weight excluding hydrogens is 256 g/mol. The Labute approximate surface area is 105 Å². The standard InChI is InChI=1S/C11H14N2O4S/c1-9-5-6-12(8-9)18(16,17)11-4-2-3-10(7-11)13(14)15/h2-4,7,9H,5-6,8H2,1H3. The molecule has 1 saturated heterocycles. The predicted molar refractivity (Wildman–Crippen MR) is 65.6 cm³/mol. The molecule has 98 valence electrons. The van der Waals surface area contributed by atoms with E-state index < -0.39 is 14.9 Å². The van der Waals surface area contributed by atoms with Crippen LogP contribution in [0, 0.1) is 16.0 Å². The van der Waals surface area contributed by atoms with Gasteiger partial charge in [-0.1, -0.05) is 13.0 Å². The van der Waals surface area contributed by atoms with Gasteiger partial charge in [0.05, 0.1) is 9.82 Å². The molecule has 0 amide bonds. The minimum atomic E-state index is -3.60. The highest BCUT2D eigenvalue weighted by molar-refractivity contribution is 7.89. The SMILES string of the molecule is CC1CCN(S(=O)(=O)c2cccc([N+](=O)[O-])c2)C1. The van der Waals surface area contributed by atoms with Crippen molar-refractivity contribution >= 4 is 15.7 Å². The van der Waals surface area contributed by atoms with Gasteiger partial charge in [-0.2, -0.15) is 4.31 Å². The second kappa shape index (κ2) is 4.66. The molecule has 0 bridgehead atoms. The van der Waals surface area contributed by atoms with Crippen LogP contribution in [-0.4, -0.2) is 30.7 Å². The van der Waals surface area contributed by atoms with Crippen molar-refractivity contribution in [3.05, 3.63) is 34.4 Å². The average Bonchev–Trinajstić information content (AvgIpc) is 2.77. The first-order valence-electron chi connectivity index (χ1n) is 5.66. The summed E-state index contributed by atoms with van der Waals surface area (Å²) in [6.07, 6.45) is 0.828. The Bertz CT molecular complexity index is 570. The summed E-state index contributed by atoms with van der Waals surface area (Å²) in [6.45, 7) is 2.94. The van der Waals surface area contributed by atoms with Crippen LogP contribution in [0.4, 0.5) is 5.69 Å². The summed E-state index contributed by atoms with van der Waals surface area (Å²) in [7, 11) is -3.60. The van der Waals surface area contributed by atoms with Gasteiger partial charge >= 0.3 is 0 Å². The molecule has 0 radical (unpaired) electrons. The third-order valence-corrected chi connectivity index (χ3v) is 4.91. The van der Waals surface area contributed by atoms with Gasteiger partial charge in [-0.05, 0) is 18.4 Å². The molecule has 7 heteroatoms. The summed E-state index contributed by atoms with van der Waals surface area (Å²) in [5, 5.41) is 10.7. The molecular formula is C11H14N2O4S. The van der Waals surface area contributed by atoms with Crippen molar-refractivity contribution in [3.8, 4) is 0 Å². The highest BCUT2D eigenvalue weighted by Crippen LogP contribution is 2.25. The first-order chi connectivity index (χ1) is 8.41. The number of sulfonamides is 1. The van der Waals surface area contributed by atoms with Crippen molar-refractivity contribution in [2.45, 2.75) is 18.2 Å². The first-order valence-corrected chi connectivity index (χ1v) is 7.10. The van der Waals surface area contributed by atoms with Gasteiger partial charge in [-0.15, -0.1) is 0 Å². The summed E-state index contributed by atoms with van der Waals surface area (Å²) in [4.78, 5) is 10.1. The lowest BCUT2D eigenvalue weighted by Gasteiger charge is -2.15. The van der Waals surface area contributed by atoms with E-state index >= 15 is 0 Å². The molecule has 0 aliphatic carbocycles. The zero-order valence-corrected chi connectivity index (χ0v) is 10.8. The molecule has 6 nitrogen and oxygen atoms in total. The highest BCUT2D eigenvalue weighted by atomic mass is 32.2. The number of non-ortho nitro benzene ring substituents is 1. The van der Waals surface area contributed by atoms with Crippen LogP contribution in [0.5, 0.6) is 0 Å². The van der Waals surface area contributed by atoms with E-state index in [0.29, 0.717) is 19.0 Å². The maximum absolute atomic E-state index is 12.3. The van der Waals surface area contributed by atoms with Crippen molar-refractivity contribution in [3.63, 3.8) is 0 Å². The van der Waals surface area contributed by atoms with Crippen LogP contribution < -0.4 is 0 Å². The van der Waals surface area contributed by atoms with Crippen LogP contribution in [-0.2, 0) is 10.0 Å². The van der Waals surface area contributed by atoms with Gasteiger partial charge in [0.15, 0.2) is 0 Å². The topological polar surface area (TPSA) is 80.5 Å². The van der Waals surface area contributed by atoms with Gasteiger partial charge in [-0.3, -0.25) is 10.1 Å². The monoisotopic (exact) mass is 270 g/mol. The fraction of sp³-hybridized carbons (Fsp3) is 0.455. The van der Waals surface area contributed by atoms with Gasteiger partial charge in [0.1, 0.15) is 0 Å². The molecule has 2 rings (SSSR count). The maximum Gasteiger partial charge on any atom is 0.270 e. The number of nitro groups is 1. The summed E-state index contributed by atoms with van der Waals surface area (Å²) in [5.74, 6) is 0.332. The Morgan fingerprint density at radius 1 is 1.44 bits per heavy atom. The number of nitro benzene ring substituents is 1. The summed E-state index contributed by atoms with van der Waals surface area (Å²) in [6, 6.07) is 5.18. The molecule has 1 heterocycles. The van der Waals surface area contributed by atoms with E-state index in [1.807, 2.05) is 6.92 Å². The smallest absolute Gasteiger partial charge is 0.258 e. The van der Waals surface area contributed by atoms with E-state index in [2.05, 4.69) is 0 Å². The van der Waals surface area contributed by atoms with Crippen LogP contribution in [0.3, 0.4) is 0 Å². The molecule has 0 spiro atoms. The maximum atomic E-state index is 12.3. The zero-order chi connectivity index (χ0) is 13.3. The van der Waals surface area contributed by atoms with Gasteiger partial charge in [0, 0.05) is 25.2 Å². The first kappa shape index (κ1) is 13.0. The minimum absolute atomic E-state index is 0.00852. The van der Waals surface area contributed by atoms with E-state index in [9.17, 15) is 18.5 Å². The summed E-state index contributed by atoms with van der Waals surface area (Å²) in [5.41, 5.74) is -0.205. The third kappa shape index (κ3) is 2.37. The van der Waals surface area contributed by atoms with Crippen molar-refractivity contribution < 1.29 is 13.3 Å². The largest absolute Gasteiger partial charge is 0.270 e. The van der Waals surface area contributed by atoms with Crippen LogP contribution in [0.25, 0.3) is 0 Å². The Hall–Kier alpha value is -1.47. The van der Waals surface area contributed by atoms with E-state index in [0.717, 1.165) is 12.5 Å². The normalized spacial score (nSPS) is 21.1. The van der Waals surface area contributed by atoms with Gasteiger partial charge in [-0.25, -0.2) is 8.42 Å². The molecule has 0 N–H and O–H groups in total. The number of benzene rings is 1. The van der Waals surface area contributed by atoms with Crippen molar-refractivity contribution in [2.75, 3.05) is 13.1 Å². The Balaban J connectivity index is 2.35. The van der Waals surface area contributed by atoms with Crippen LogP contribution >= 0.6 is 0 Å². The van der Waals surface area contributed by atoms with Gasteiger partial charge in [0.25, 0.3) is 5.69 Å². The van der Waals surface area contributed by atoms with E-state index in [-0.39, 0.29) is 10.6 Å². The predicted octanol–water partition coefficient (Wildman–Crippen LogP) is 1.63. The quantitative estimate of drug-likeness (QED) is 0.617. The van der Waals surface area contributed by atoms with Crippen molar-refractivity contribution in [1.82, 2.24) is 4.31 Å². The van der Waals surface area contributed by atoms with Crippen LogP contribution in [0.1, 0.15) is 13.3 Å². The Morgan fingerprint density at radius 2 is 2.17 bits per heavy atom. The summed E-state index contributed by atoms with van der Waals surface area (Å²) >= 11 is 0. The lowest BCUT2D eigenvalue weighted by atomic mass is 10.2. The number of hydrogen-bond acceptors (Lipinski definition) is 4. The fourth-order valence-corrected chi connectivity index (χ4v) is 3.63. The van der Waals surface area contributed by atoms with E-state index in [1.165, 1.54) is 22.5 Å². The molecule has 1 aliphatic rings. The lowest BCUT2D eigenvalue weighted by molar-refractivity contribution is -0.385.